The number of piperidine rings is 1. The second kappa shape index (κ2) is 9.57. The van der Waals surface area contributed by atoms with Crippen molar-refractivity contribution in [3.05, 3.63) is 58.6 Å². The largest absolute Gasteiger partial charge is 0.490 e. The molecule has 2 unspecified atom stereocenters. The summed E-state index contributed by atoms with van der Waals surface area (Å²) in [5, 5.41) is 14.5. The number of aromatic nitrogens is 4. The van der Waals surface area contributed by atoms with Gasteiger partial charge in [0.05, 0.1) is 13.7 Å². The first kappa shape index (κ1) is 23.3. The highest BCUT2D eigenvalue weighted by molar-refractivity contribution is 7.92. The van der Waals surface area contributed by atoms with Gasteiger partial charge in [-0.2, -0.15) is 4.80 Å². The Bertz CT molecular complexity index is 1240. The van der Waals surface area contributed by atoms with Crippen LogP contribution in [0.1, 0.15) is 17.9 Å². The average Bonchev–Trinajstić information content (AvgIpc) is 3.18. The molecule has 0 radical (unpaired) electrons. The van der Waals surface area contributed by atoms with E-state index in [1.165, 1.54) is 7.05 Å². The van der Waals surface area contributed by atoms with Gasteiger partial charge in [-0.15, -0.1) is 5.10 Å². The molecule has 0 aliphatic carbocycles. The van der Waals surface area contributed by atoms with Crippen LogP contribution in [0.2, 0.25) is 5.02 Å². The molecular weight excluding hydrogens is 478 g/mol. The number of hydrogen-bond acceptors (Lipinski definition) is 7. The summed E-state index contributed by atoms with van der Waals surface area (Å²) in [4.78, 5) is 0.126. The maximum absolute atomic E-state index is 14.7. The Kier molecular flexibility index (Phi) is 6.77. The number of nitrogens with one attached hydrogen (secondary N) is 2. The van der Waals surface area contributed by atoms with Gasteiger partial charge in [-0.05, 0) is 41.8 Å². The third kappa shape index (κ3) is 5.40. The Hall–Kier alpha value is -2.83. The predicted octanol–water partition coefficient (Wildman–Crippen LogP) is 2.71. The third-order valence-corrected chi connectivity index (χ3v) is 6.96. The van der Waals surface area contributed by atoms with E-state index in [1.54, 1.807) is 0 Å². The van der Waals surface area contributed by atoms with Gasteiger partial charge in [0.25, 0.3) is 16.0 Å². The van der Waals surface area contributed by atoms with Gasteiger partial charge < -0.3 is 10.1 Å². The Labute approximate surface area is 194 Å². The highest BCUT2D eigenvalue weighted by Crippen LogP contribution is 2.33. The number of nitrogens with zero attached hydrogens (tertiary/aromatic N) is 4. The number of hydrogen-bond donors (Lipinski definition) is 2. The first-order valence-electron chi connectivity index (χ1n) is 10.1. The fraction of sp³-hybridized carbons (Fsp3) is 0.350. The molecule has 2 heterocycles. The van der Waals surface area contributed by atoms with E-state index >= 15 is 0 Å². The van der Waals surface area contributed by atoms with Crippen molar-refractivity contribution in [2.24, 2.45) is 13.0 Å². The van der Waals surface area contributed by atoms with Gasteiger partial charge in [0.2, 0.25) is 0 Å². The summed E-state index contributed by atoms with van der Waals surface area (Å²) in [5.74, 6) is -2.76. The fourth-order valence-electron chi connectivity index (χ4n) is 3.77. The van der Waals surface area contributed by atoms with Gasteiger partial charge in [0, 0.05) is 29.6 Å². The van der Waals surface area contributed by atoms with Crippen molar-refractivity contribution in [3.8, 4) is 5.75 Å². The summed E-state index contributed by atoms with van der Waals surface area (Å²) in [5.41, 5.74) is 1.09. The summed E-state index contributed by atoms with van der Waals surface area (Å²) in [6.45, 7) is 1.58. The van der Waals surface area contributed by atoms with Crippen LogP contribution in [0.4, 0.5) is 14.7 Å². The van der Waals surface area contributed by atoms with Crippen molar-refractivity contribution in [2.45, 2.75) is 17.2 Å². The van der Waals surface area contributed by atoms with Gasteiger partial charge in [0.15, 0.2) is 11.6 Å². The minimum absolute atomic E-state index is 0.00445. The molecule has 0 bridgehead atoms. The van der Waals surface area contributed by atoms with Crippen LogP contribution in [0.5, 0.6) is 5.75 Å². The van der Waals surface area contributed by atoms with E-state index in [1.807, 2.05) is 29.0 Å². The number of halogens is 3. The minimum atomic E-state index is -4.47. The van der Waals surface area contributed by atoms with E-state index in [0.717, 1.165) is 29.4 Å². The van der Waals surface area contributed by atoms with Crippen molar-refractivity contribution < 1.29 is 21.9 Å². The van der Waals surface area contributed by atoms with E-state index in [9.17, 15) is 17.2 Å². The van der Waals surface area contributed by atoms with Crippen LogP contribution in [-0.4, -0.2) is 48.3 Å². The minimum Gasteiger partial charge on any atom is -0.490 e. The van der Waals surface area contributed by atoms with Crippen molar-refractivity contribution >= 4 is 27.6 Å². The molecule has 0 saturated carbocycles. The van der Waals surface area contributed by atoms with E-state index in [2.05, 4.69) is 20.7 Å². The summed E-state index contributed by atoms with van der Waals surface area (Å²) in [6, 6.07) is 8.82. The van der Waals surface area contributed by atoms with E-state index in [4.69, 9.17) is 16.3 Å². The monoisotopic (exact) mass is 498 g/mol. The molecule has 1 saturated heterocycles. The number of anilines is 1. The van der Waals surface area contributed by atoms with Crippen LogP contribution >= 0.6 is 11.6 Å². The van der Waals surface area contributed by atoms with Crippen LogP contribution in [0.3, 0.4) is 0 Å². The maximum atomic E-state index is 14.7. The number of tetrazole rings is 1. The van der Waals surface area contributed by atoms with E-state index in [-0.39, 0.29) is 30.1 Å². The molecule has 13 heteroatoms. The zero-order valence-corrected chi connectivity index (χ0v) is 19.1. The van der Waals surface area contributed by atoms with Gasteiger partial charge in [0.1, 0.15) is 10.7 Å². The Morgan fingerprint density at radius 2 is 2.00 bits per heavy atom. The van der Waals surface area contributed by atoms with Crippen LogP contribution in [0.15, 0.2) is 41.3 Å². The first-order valence-corrected chi connectivity index (χ1v) is 11.9. The zero-order chi connectivity index (χ0) is 23.6. The molecule has 1 aliphatic rings. The topological polar surface area (TPSA) is 111 Å². The normalized spacial score (nSPS) is 18.8. The Balaban J connectivity index is 1.49. The summed E-state index contributed by atoms with van der Waals surface area (Å²) < 4.78 is 61.7. The standard InChI is InChI=1S/C20H21ClF2N6O3S/c1-29-26-20(25-28-29)27-33(30,31)19-9-16(22)18(8-17(19)23)32-11-13-10-24-7-6-15(13)12-2-4-14(21)5-3-12/h2-5,8-9,13,15,24H,6-7,10-11H2,1H3,(H,26,27). The molecule has 4 rings (SSSR count). The Morgan fingerprint density at radius 1 is 1.24 bits per heavy atom. The maximum Gasteiger partial charge on any atom is 0.277 e. The Morgan fingerprint density at radius 3 is 2.70 bits per heavy atom. The lowest BCUT2D eigenvalue weighted by Gasteiger charge is -2.32. The lowest BCUT2D eigenvalue weighted by molar-refractivity contribution is 0.190. The van der Waals surface area contributed by atoms with E-state index in [0.29, 0.717) is 17.6 Å². The van der Waals surface area contributed by atoms with E-state index < -0.39 is 26.6 Å². The first-order chi connectivity index (χ1) is 15.7. The molecule has 1 aromatic heterocycles. The van der Waals surface area contributed by atoms with Gasteiger partial charge in [-0.3, -0.25) is 0 Å². The van der Waals surface area contributed by atoms with Crippen molar-refractivity contribution in [2.75, 3.05) is 24.4 Å². The van der Waals surface area contributed by atoms with Crippen LogP contribution in [0.25, 0.3) is 0 Å². The molecule has 2 N–H and O–H groups in total. The number of sulfonamides is 1. The van der Waals surface area contributed by atoms with Gasteiger partial charge in [-0.25, -0.2) is 21.9 Å². The quantitative estimate of drug-likeness (QED) is 0.515. The van der Waals surface area contributed by atoms with Gasteiger partial charge in [-0.1, -0.05) is 28.8 Å². The van der Waals surface area contributed by atoms with Crippen LogP contribution in [0, 0.1) is 17.6 Å². The number of benzene rings is 2. The molecule has 2 aromatic carbocycles. The summed E-state index contributed by atoms with van der Waals surface area (Å²) >= 11 is 5.98. The molecule has 0 spiro atoms. The molecule has 1 aliphatic heterocycles. The van der Waals surface area contributed by atoms with Crippen molar-refractivity contribution in [3.63, 3.8) is 0 Å². The van der Waals surface area contributed by atoms with Crippen molar-refractivity contribution in [1.29, 1.82) is 0 Å². The molecule has 33 heavy (non-hydrogen) atoms. The highest BCUT2D eigenvalue weighted by Gasteiger charge is 2.28. The van der Waals surface area contributed by atoms with Crippen molar-refractivity contribution in [1.82, 2.24) is 25.5 Å². The van der Waals surface area contributed by atoms with Crippen LogP contribution < -0.4 is 14.8 Å². The number of aryl methyl sites for hydroxylation is 1. The second-order valence-corrected chi connectivity index (χ2v) is 9.73. The average molecular weight is 499 g/mol. The lowest BCUT2D eigenvalue weighted by atomic mass is 9.81. The SMILES string of the molecule is Cn1nnc(NS(=O)(=O)c2cc(F)c(OCC3CNCCC3c3ccc(Cl)cc3)cc2F)n1. The second-order valence-electron chi connectivity index (χ2n) is 7.64. The number of ether oxygens (including phenoxy) is 1. The smallest absolute Gasteiger partial charge is 0.277 e. The van der Waals surface area contributed by atoms with Crippen LogP contribution in [-0.2, 0) is 17.1 Å². The summed E-state index contributed by atoms with van der Waals surface area (Å²) in [6.07, 6.45) is 0.853. The molecular formula is C20H21ClF2N6O3S. The predicted molar refractivity (Wildman–Crippen MR) is 117 cm³/mol. The zero-order valence-electron chi connectivity index (χ0n) is 17.5. The molecule has 1 fully saturated rings. The highest BCUT2D eigenvalue weighted by atomic mass is 35.5. The lowest BCUT2D eigenvalue weighted by Crippen LogP contribution is -2.38. The van der Waals surface area contributed by atoms with Gasteiger partial charge >= 0.3 is 0 Å². The molecule has 9 nitrogen and oxygen atoms in total. The third-order valence-electron chi connectivity index (χ3n) is 5.37. The molecule has 2 atom stereocenters. The summed E-state index contributed by atoms with van der Waals surface area (Å²) in [7, 11) is -3.05. The number of rotatable bonds is 7. The molecule has 3 aromatic rings. The molecule has 176 valence electrons. The molecule has 0 amide bonds. The fourth-order valence-corrected chi connectivity index (χ4v) is 4.90.